The number of halogens is 1. The molecule has 0 aliphatic carbocycles. The zero-order chi connectivity index (χ0) is 22.0. The summed E-state index contributed by atoms with van der Waals surface area (Å²) in [6.45, 7) is 10.7. The van der Waals surface area contributed by atoms with Gasteiger partial charge in [-0.15, -0.1) is 11.3 Å². The fourth-order valence-corrected chi connectivity index (χ4v) is 3.97. The van der Waals surface area contributed by atoms with Gasteiger partial charge in [0.05, 0.1) is 45.4 Å². The molecule has 0 spiro atoms. The molecule has 1 atom stereocenters. The Bertz CT molecular complexity index is 964. The van der Waals surface area contributed by atoms with E-state index in [0.717, 1.165) is 17.0 Å². The number of anilines is 1. The number of aryl methyl sites for hydroxylation is 1. The molecule has 0 bridgehead atoms. The molecule has 10 heteroatoms. The lowest BCUT2D eigenvalue weighted by molar-refractivity contribution is -0.119. The highest BCUT2D eigenvalue weighted by Gasteiger charge is 2.27. The van der Waals surface area contributed by atoms with Crippen molar-refractivity contribution in [2.24, 2.45) is 11.7 Å². The Kier molecular flexibility index (Phi) is 7.07. The zero-order valence-electron chi connectivity index (χ0n) is 17.3. The summed E-state index contributed by atoms with van der Waals surface area (Å²) in [5.41, 5.74) is 7.40. The standard InChI is InChI=1S/C19H25ClN4O4S/c1-8(2)28-19(27)13-10(4)15(16(21)25)29-18(13)22-17(26)9(3)7-24-12(6)14(20)11(5)23-24/h8-9H,7H2,1-6H3,(H2,21,25)(H,22,26). The number of carbonyl (C=O) groups is 3. The first-order valence-corrected chi connectivity index (χ1v) is 10.3. The van der Waals surface area contributed by atoms with Crippen molar-refractivity contribution in [1.29, 1.82) is 0 Å². The number of rotatable bonds is 7. The molecule has 2 aromatic heterocycles. The summed E-state index contributed by atoms with van der Waals surface area (Å²) < 4.78 is 6.93. The minimum Gasteiger partial charge on any atom is -0.459 e. The Balaban J connectivity index is 2.28. The van der Waals surface area contributed by atoms with E-state index >= 15 is 0 Å². The maximum atomic E-state index is 12.8. The summed E-state index contributed by atoms with van der Waals surface area (Å²) in [5, 5.41) is 7.88. The van der Waals surface area contributed by atoms with Crippen LogP contribution in [0, 0.1) is 26.7 Å². The Hall–Kier alpha value is -2.39. The fraction of sp³-hybridized carbons (Fsp3) is 0.474. The lowest BCUT2D eigenvalue weighted by atomic mass is 10.1. The second kappa shape index (κ2) is 8.96. The molecule has 3 N–H and O–H groups in total. The summed E-state index contributed by atoms with van der Waals surface area (Å²) in [7, 11) is 0. The Labute approximate surface area is 178 Å². The molecule has 158 valence electrons. The highest BCUT2D eigenvalue weighted by atomic mass is 35.5. The molecule has 2 heterocycles. The van der Waals surface area contributed by atoms with Crippen molar-refractivity contribution in [3.63, 3.8) is 0 Å². The van der Waals surface area contributed by atoms with E-state index in [9.17, 15) is 14.4 Å². The number of nitrogens with zero attached hydrogens (tertiary/aromatic N) is 2. The first-order chi connectivity index (χ1) is 13.4. The van der Waals surface area contributed by atoms with E-state index in [0.29, 0.717) is 22.8 Å². The third-order valence-electron chi connectivity index (χ3n) is 4.34. The number of carbonyl (C=O) groups excluding carboxylic acids is 3. The number of primary amides is 1. The Morgan fingerprint density at radius 2 is 1.86 bits per heavy atom. The van der Waals surface area contributed by atoms with Crippen molar-refractivity contribution in [2.45, 2.75) is 54.2 Å². The first kappa shape index (κ1) is 22.9. The second-order valence-corrected chi connectivity index (χ2v) is 8.53. The highest BCUT2D eigenvalue weighted by molar-refractivity contribution is 7.18. The lowest BCUT2D eigenvalue weighted by Crippen LogP contribution is -2.26. The summed E-state index contributed by atoms with van der Waals surface area (Å²) in [4.78, 5) is 37.2. The summed E-state index contributed by atoms with van der Waals surface area (Å²) >= 11 is 7.12. The van der Waals surface area contributed by atoms with Crippen LogP contribution in [0.25, 0.3) is 0 Å². The summed E-state index contributed by atoms with van der Waals surface area (Å²) in [6.07, 6.45) is -0.350. The van der Waals surface area contributed by atoms with Crippen LogP contribution in [0.1, 0.15) is 57.8 Å². The molecule has 29 heavy (non-hydrogen) atoms. The van der Waals surface area contributed by atoms with Crippen LogP contribution in [0.5, 0.6) is 0 Å². The number of thiophene rings is 1. The van der Waals surface area contributed by atoms with Crippen LogP contribution in [0.3, 0.4) is 0 Å². The average Bonchev–Trinajstić information content (AvgIpc) is 3.06. The molecular weight excluding hydrogens is 416 g/mol. The van der Waals surface area contributed by atoms with Gasteiger partial charge in [0.2, 0.25) is 5.91 Å². The number of hydrogen-bond donors (Lipinski definition) is 2. The number of nitrogens with one attached hydrogen (secondary N) is 1. The Morgan fingerprint density at radius 1 is 1.24 bits per heavy atom. The van der Waals surface area contributed by atoms with E-state index in [-0.39, 0.29) is 27.5 Å². The van der Waals surface area contributed by atoms with Gasteiger partial charge < -0.3 is 15.8 Å². The average molecular weight is 441 g/mol. The van der Waals surface area contributed by atoms with Gasteiger partial charge in [-0.05, 0) is 40.2 Å². The van der Waals surface area contributed by atoms with Crippen molar-refractivity contribution in [1.82, 2.24) is 9.78 Å². The van der Waals surface area contributed by atoms with Crippen LogP contribution in [-0.4, -0.2) is 33.7 Å². The third-order valence-corrected chi connectivity index (χ3v) is 6.11. The Morgan fingerprint density at radius 3 is 2.34 bits per heavy atom. The van der Waals surface area contributed by atoms with Crippen molar-refractivity contribution in [2.75, 3.05) is 5.32 Å². The molecule has 0 aromatic carbocycles. The van der Waals surface area contributed by atoms with Crippen LogP contribution in [0.4, 0.5) is 5.00 Å². The molecule has 1 unspecified atom stereocenters. The topological polar surface area (TPSA) is 116 Å². The predicted octanol–water partition coefficient (Wildman–Crippen LogP) is 3.46. The SMILES string of the molecule is Cc1nn(CC(C)C(=O)Nc2sc(C(N)=O)c(C)c2C(=O)OC(C)C)c(C)c1Cl. The minimum atomic E-state index is -0.670. The molecule has 8 nitrogen and oxygen atoms in total. The third kappa shape index (κ3) is 4.97. The van der Waals surface area contributed by atoms with Gasteiger partial charge in [-0.1, -0.05) is 18.5 Å². The second-order valence-electron chi connectivity index (χ2n) is 7.14. The van der Waals surface area contributed by atoms with E-state index < -0.39 is 17.8 Å². The van der Waals surface area contributed by atoms with Gasteiger partial charge in [-0.3, -0.25) is 14.3 Å². The van der Waals surface area contributed by atoms with E-state index in [2.05, 4.69) is 10.4 Å². The molecule has 2 aromatic rings. The highest BCUT2D eigenvalue weighted by Crippen LogP contribution is 2.34. The van der Waals surface area contributed by atoms with Gasteiger partial charge in [0, 0.05) is 0 Å². The maximum Gasteiger partial charge on any atom is 0.341 e. The summed E-state index contributed by atoms with van der Waals surface area (Å²) in [5.74, 6) is -2.09. The van der Waals surface area contributed by atoms with Crippen LogP contribution < -0.4 is 11.1 Å². The monoisotopic (exact) mass is 440 g/mol. The van der Waals surface area contributed by atoms with Crippen LogP contribution in [0.15, 0.2) is 0 Å². The molecule has 2 amide bonds. The normalized spacial score (nSPS) is 12.1. The molecule has 0 aliphatic rings. The quantitative estimate of drug-likeness (QED) is 0.639. The number of hydrogen-bond acceptors (Lipinski definition) is 6. The van der Waals surface area contributed by atoms with Crippen molar-refractivity contribution >= 4 is 45.7 Å². The van der Waals surface area contributed by atoms with Gasteiger partial charge in [-0.25, -0.2) is 4.79 Å². The van der Waals surface area contributed by atoms with Crippen LogP contribution in [-0.2, 0) is 16.1 Å². The smallest absolute Gasteiger partial charge is 0.341 e. The lowest BCUT2D eigenvalue weighted by Gasteiger charge is -2.14. The first-order valence-electron chi connectivity index (χ1n) is 9.08. The summed E-state index contributed by atoms with van der Waals surface area (Å²) in [6, 6.07) is 0. The molecular formula is C19H25ClN4O4S. The predicted molar refractivity (Wildman–Crippen MR) is 113 cm³/mol. The number of aromatic nitrogens is 2. The number of esters is 1. The van der Waals surface area contributed by atoms with Crippen molar-refractivity contribution in [3.05, 3.63) is 32.4 Å². The fourth-order valence-electron chi connectivity index (χ4n) is 2.79. The van der Waals surface area contributed by atoms with E-state index in [1.807, 2.05) is 6.92 Å². The molecule has 2 rings (SSSR count). The van der Waals surface area contributed by atoms with Gasteiger partial charge in [0.15, 0.2) is 0 Å². The molecule has 0 saturated heterocycles. The molecule has 0 radical (unpaired) electrons. The zero-order valence-corrected chi connectivity index (χ0v) is 18.8. The minimum absolute atomic E-state index is 0.146. The van der Waals surface area contributed by atoms with Crippen LogP contribution in [0.2, 0.25) is 5.02 Å². The molecule has 0 saturated carbocycles. The van der Waals surface area contributed by atoms with E-state index in [4.69, 9.17) is 22.1 Å². The van der Waals surface area contributed by atoms with E-state index in [1.54, 1.807) is 39.3 Å². The van der Waals surface area contributed by atoms with Gasteiger partial charge in [-0.2, -0.15) is 5.10 Å². The maximum absolute atomic E-state index is 12.8. The van der Waals surface area contributed by atoms with Crippen molar-refractivity contribution in [3.8, 4) is 0 Å². The molecule has 0 aliphatic heterocycles. The van der Waals surface area contributed by atoms with E-state index in [1.165, 1.54) is 0 Å². The van der Waals surface area contributed by atoms with Crippen molar-refractivity contribution < 1.29 is 19.1 Å². The molecule has 0 fully saturated rings. The number of amides is 2. The van der Waals surface area contributed by atoms with Gasteiger partial charge in [0.25, 0.3) is 5.91 Å². The van der Waals surface area contributed by atoms with Gasteiger partial charge >= 0.3 is 5.97 Å². The number of ether oxygens (including phenoxy) is 1. The largest absolute Gasteiger partial charge is 0.459 e. The van der Waals surface area contributed by atoms with Crippen LogP contribution >= 0.6 is 22.9 Å². The number of nitrogens with two attached hydrogens (primary N) is 1. The van der Waals surface area contributed by atoms with Gasteiger partial charge in [0.1, 0.15) is 5.00 Å².